The predicted octanol–water partition coefficient (Wildman–Crippen LogP) is 3.54. The van der Waals surface area contributed by atoms with Gasteiger partial charge in [0.25, 0.3) is 0 Å². The van der Waals surface area contributed by atoms with E-state index in [2.05, 4.69) is 5.10 Å². The van der Waals surface area contributed by atoms with Gasteiger partial charge in [0.2, 0.25) is 0 Å². The Kier molecular flexibility index (Phi) is 3.83. The van der Waals surface area contributed by atoms with Crippen LogP contribution in [0.25, 0.3) is 0 Å². The summed E-state index contributed by atoms with van der Waals surface area (Å²) in [4.78, 5) is 0. The fourth-order valence-corrected chi connectivity index (χ4v) is 2.10. The van der Waals surface area contributed by atoms with Crippen molar-refractivity contribution in [2.24, 2.45) is 7.05 Å². The molecule has 0 unspecified atom stereocenters. The number of aliphatic hydroxyl groups excluding tert-OH is 1. The maximum absolute atomic E-state index is 9.51. The molecule has 0 aliphatic carbocycles. The van der Waals surface area contributed by atoms with Crippen LogP contribution in [0.2, 0.25) is 5.02 Å². The minimum Gasteiger partial charge on any atom is -0.452 e. The molecular formula is C14H17ClN2O2. The highest BCUT2D eigenvalue weighted by molar-refractivity contribution is 6.32. The molecular weight excluding hydrogens is 264 g/mol. The van der Waals surface area contributed by atoms with Crippen LogP contribution in [0.15, 0.2) is 18.2 Å². The lowest BCUT2D eigenvalue weighted by atomic mass is 10.1. The van der Waals surface area contributed by atoms with E-state index < -0.39 is 6.10 Å². The summed E-state index contributed by atoms with van der Waals surface area (Å²) in [5, 5.41) is 14.3. The number of aryl methyl sites for hydroxylation is 2. The number of halogens is 1. The molecule has 1 heterocycles. The highest BCUT2D eigenvalue weighted by atomic mass is 35.5. The number of aliphatic hydroxyl groups is 1. The third-order valence-corrected chi connectivity index (χ3v) is 3.39. The van der Waals surface area contributed by atoms with E-state index in [9.17, 15) is 5.11 Å². The number of ether oxygens (including phenoxy) is 1. The molecule has 1 aromatic heterocycles. The Labute approximate surface area is 117 Å². The van der Waals surface area contributed by atoms with E-state index in [0.29, 0.717) is 16.5 Å². The zero-order valence-electron chi connectivity index (χ0n) is 11.4. The van der Waals surface area contributed by atoms with Crippen molar-refractivity contribution in [3.63, 3.8) is 0 Å². The Morgan fingerprint density at radius 2 is 2.05 bits per heavy atom. The number of aromatic nitrogens is 2. The molecule has 0 amide bonds. The van der Waals surface area contributed by atoms with Crippen molar-refractivity contribution in [2.75, 3.05) is 0 Å². The van der Waals surface area contributed by atoms with E-state index in [-0.39, 0.29) is 0 Å². The second kappa shape index (κ2) is 5.23. The van der Waals surface area contributed by atoms with Gasteiger partial charge < -0.3 is 9.84 Å². The van der Waals surface area contributed by atoms with Gasteiger partial charge in [-0.05, 0) is 38.5 Å². The van der Waals surface area contributed by atoms with Gasteiger partial charge in [0.05, 0.1) is 16.8 Å². The molecule has 0 aliphatic heterocycles. The first kappa shape index (κ1) is 13.9. The molecule has 0 radical (unpaired) electrons. The minimum atomic E-state index is -0.548. The van der Waals surface area contributed by atoms with Crippen molar-refractivity contribution in [3.05, 3.63) is 40.2 Å². The first-order valence-corrected chi connectivity index (χ1v) is 6.43. The van der Waals surface area contributed by atoms with Crippen LogP contribution in [0.1, 0.15) is 30.0 Å². The Hall–Kier alpha value is -1.52. The molecule has 0 saturated carbocycles. The van der Waals surface area contributed by atoms with Gasteiger partial charge in [0.1, 0.15) is 11.4 Å². The van der Waals surface area contributed by atoms with Crippen LogP contribution in [-0.2, 0) is 7.05 Å². The van der Waals surface area contributed by atoms with E-state index in [1.54, 1.807) is 29.8 Å². The first-order valence-electron chi connectivity index (χ1n) is 6.05. The molecule has 19 heavy (non-hydrogen) atoms. The molecule has 0 bridgehead atoms. The maximum Gasteiger partial charge on any atom is 0.171 e. The fourth-order valence-electron chi connectivity index (χ4n) is 1.87. The van der Waals surface area contributed by atoms with Gasteiger partial charge in [-0.25, -0.2) is 0 Å². The molecule has 1 aromatic carbocycles. The van der Waals surface area contributed by atoms with Crippen LogP contribution >= 0.6 is 11.6 Å². The minimum absolute atomic E-state index is 0.473. The summed E-state index contributed by atoms with van der Waals surface area (Å²) in [6.45, 7) is 5.52. The Balaban J connectivity index is 2.34. The Morgan fingerprint density at radius 3 is 2.53 bits per heavy atom. The summed E-state index contributed by atoms with van der Waals surface area (Å²) < 4.78 is 7.60. The van der Waals surface area contributed by atoms with Crippen LogP contribution in [-0.4, -0.2) is 14.9 Å². The van der Waals surface area contributed by atoms with Crippen molar-refractivity contribution in [1.29, 1.82) is 0 Å². The lowest BCUT2D eigenvalue weighted by Crippen LogP contribution is -1.94. The van der Waals surface area contributed by atoms with Gasteiger partial charge in [-0.1, -0.05) is 17.7 Å². The normalized spacial score (nSPS) is 12.5. The lowest BCUT2D eigenvalue weighted by molar-refractivity contribution is 0.199. The van der Waals surface area contributed by atoms with E-state index in [4.69, 9.17) is 16.3 Å². The van der Waals surface area contributed by atoms with E-state index in [1.807, 2.05) is 20.9 Å². The zero-order valence-corrected chi connectivity index (χ0v) is 12.2. The van der Waals surface area contributed by atoms with Gasteiger partial charge >= 0.3 is 0 Å². The molecule has 2 aromatic rings. The summed E-state index contributed by atoms with van der Waals surface area (Å²) in [7, 11) is 1.87. The summed E-state index contributed by atoms with van der Waals surface area (Å²) >= 11 is 6.17. The zero-order chi connectivity index (χ0) is 14.2. The van der Waals surface area contributed by atoms with Gasteiger partial charge in [0.15, 0.2) is 5.75 Å². The standard InChI is InChI=1S/C14H17ClN2O2/c1-8-14(9(2)17(4)16-8)19-13-6-5-11(10(3)18)7-12(13)15/h5-7,10,18H,1-4H3/t10-/m0/s1. The number of hydrogen-bond acceptors (Lipinski definition) is 3. The van der Waals surface area contributed by atoms with Gasteiger partial charge in [-0.2, -0.15) is 5.10 Å². The molecule has 1 N–H and O–H groups in total. The second-order valence-electron chi connectivity index (χ2n) is 4.59. The quantitative estimate of drug-likeness (QED) is 0.935. The van der Waals surface area contributed by atoms with Crippen LogP contribution in [0.5, 0.6) is 11.5 Å². The number of benzene rings is 1. The highest BCUT2D eigenvalue weighted by Gasteiger charge is 2.14. The number of hydrogen-bond donors (Lipinski definition) is 1. The van der Waals surface area contributed by atoms with E-state index >= 15 is 0 Å². The monoisotopic (exact) mass is 280 g/mol. The highest BCUT2D eigenvalue weighted by Crippen LogP contribution is 2.34. The third kappa shape index (κ3) is 2.74. The summed E-state index contributed by atoms with van der Waals surface area (Å²) in [6, 6.07) is 5.27. The van der Waals surface area contributed by atoms with Crippen molar-refractivity contribution in [3.8, 4) is 11.5 Å². The molecule has 0 saturated heterocycles. The summed E-state index contributed by atoms with van der Waals surface area (Å²) in [6.07, 6.45) is -0.548. The van der Waals surface area contributed by atoms with Crippen molar-refractivity contribution in [1.82, 2.24) is 9.78 Å². The summed E-state index contributed by atoms with van der Waals surface area (Å²) in [5.41, 5.74) is 2.51. The predicted molar refractivity (Wildman–Crippen MR) is 74.8 cm³/mol. The van der Waals surface area contributed by atoms with Crippen LogP contribution in [0, 0.1) is 13.8 Å². The largest absolute Gasteiger partial charge is 0.452 e. The smallest absolute Gasteiger partial charge is 0.171 e. The van der Waals surface area contributed by atoms with Crippen molar-refractivity contribution < 1.29 is 9.84 Å². The van der Waals surface area contributed by atoms with Gasteiger partial charge in [-0.15, -0.1) is 0 Å². The maximum atomic E-state index is 9.51. The van der Waals surface area contributed by atoms with E-state index in [0.717, 1.165) is 17.0 Å². The topological polar surface area (TPSA) is 47.3 Å². The van der Waals surface area contributed by atoms with E-state index in [1.165, 1.54) is 0 Å². The first-order chi connectivity index (χ1) is 8.90. The number of rotatable bonds is 3. The molecule has 2 rings (SSSR count). The van der Waals surface area contributed by atoms with Crippen LogP contribution in [0.4, 0.5) is 0 Å². The fraction of sp³-hybridized carbons (Fsp3) is 0.357. The molecule has 5 heteroatoms. The van der Waals surface area contributed by atoms with Crippen LogP contribution < -0.4 is 4.74 Å². The molecule has 1 atom stereocenters. The average molecular weight is 281 g/mol. The average Bonchev–Trinajstić information content (AvgIpc) is 2.58. The van der Waals surface area contributed by atoms with Crippen LogP contribution in [0.3, 0.4) is 0 Å². The Bertz CT molecular complexity index is 606. The second-order valence-corrected chi connectivity index (χ2v) is 5.00. The van der Waals surface area contributed by atoms with Gasteiger partial charge in [0, 0.05) is 7.05 Å². The Morgan fingerprint density at radius 1 is 1.37 bits per heavy atom. The molecule has 0 fully saturated rings. The SMILES string of the molecule is Cc1nn(C)c(C)c1Oc1ccc([C@H](C)O)cc1Cl. The molecule has 4 nitrogen and oxygen atoms in total. The molecule has 0 spiro atoms. The summed E-state index contributed by atoms with van der Waals surface area (Å²) in [5.74, 6) is 1.28. The third-order valence-electron chi connectivity index (χ3n) is 3.09. The number of nitrogens with zero attached hydrogens (tertiary/aromatic N) is 2. The van der Waals surface area contributed by atoms with Crippen molar-refractivity contribution >= 4 is 11.6 Å². The molecule has 0 aliphatic rings. The van der Waals surface area contributed by atoms with Crippen molar-refractivity contribution in [2.45, 2.75) is 26.9 Å². The molecule has 102 valence electrons. The van der Waals surface area contributed by atoms with Gasteiger partial charge in [-0.3, -0.25) is 4.68 Å². The lowest BCUT2D eigenvalue weighted by Gasteiger charge is -2.10.